The normalized spacial score (nSPS) is 13.3. The minimum atomic E-state index is 0.146. The quantitative estimate of drug-likeness (QED) is 0.361. The van der Waals surface area contributed by atoms with Crippen molar-refractivity contribution in [3.63, 3.8) is 0 Å². The van der Waals surface area contributed by atoms with Gasteiger partial charge < -0.3 is 14.4 Å². The van der Waals surface area contributed by atoms with Crippen LogP contribution in [0.15, 0.2) is 85.1 Å². The molecule has 4 aromatic rings. The van der Waals surface area contributed by atoms with Crippen molar-refractivity contribution in [1.82, 2.24) is 19.9 Å². The highest BCUT2D eigenvalue weighted by Crippen LogP contribution is 2.30. The second-order valence-electron chi connectivity index (χ2n) is 8.66. The molecule has 1 aliphatic heterocycles. The van der Waals surface area contributed by atoms with Crippen LogP contribution in [0.1, 0.15) is 23.6 Å². The van der Waals surface area contributed by atoms with E-state index in [1.807, 2.05) is 94.6 Å². The number of carbonyl (C=O) groups is 1. The number of aryl methyl sites for hydroxylation is 1. The van der Waals surface area contributed by atoms with Crippen LogP contribution in [0.5, 0.6) is 11.5 Å². The standard InChI is InChI=1S/C28H28N4O3/c1-34-26-14-12-21(16-27(26)35-20-22-8-4-2-5-9-22)13-15-28(33)31-17-24(18-31)32-19-25(29-30-32)23-10-6-3-7-11-23/h2-12,14,16,19,24H,13,15,17-18,20H2,1H3. The monoisotopic (exact) mass is 468 g/mol. The van der Waals surface area contributed by atoms with Gasteiger partial charge in [-0.3, -0.25) is 4.79 Å². The Balaban J connectivity index is 1.13. The molecular weight excluding hydrogens is 440 g/mol. The van der Waals surface area contributed by atoms with E-state index in [1.54, 1.807) is 7.11 Å². The number of aromatic nitrogens is 3. The number of benzene rings is 3. The molecule has 0 radical (unpaired) electrons. The Labute approximate surface area is 204 Å². The van der Waals surface area contributed by atoms with E-state index in [4.69, 9.17) is 9.47 Å². The molecule has 1 amide bonds. The molecule has 0 saturated carbocycles. The summed E-state index contributed by atoms with van der Waals surface area (Å²) < 4.78 is 13.3. The summed E-state index contributed by atoms with van der Waals surface area (Å²) >= 11 is 0. The Morgan fingerprint density at radius 3 is 2.43 bits per heavy atom. The van der Waals surface area contributed by atoms with Gasteiger partial charge in [0.2, 0.25) is 5.91 Å². The van der Waals surface area contributed by atoms with Crippen LogP contribution in [0.25, 0.3) is 11.3 Å². The molecule has 7 nitrogen and oxygen atoms in total. The summed E-state index contributed by atoms with van der Waals surface area (Å²) in [5.41, 5.74) is 4.02. The number of likely N-dealkylation sites (tertiary alicyclic amines) is 1. The maximum absolute atomic E-state index is 12.7. The number of hydrogen-bond donors (Lipinski definition) is 0. The van der Waals surface area contributed by atoms with Gasteiger partial charge in [-0.25, -0.2) is 4.68 Å². The Morgan fingerprint density at radius 1 is 0.943 bits per heavy atom. The fourth-order valence-corrected chi connectivity index (χ4v) is 4.16. The van der Waals surface area contributed by atoms with Crippen LogP contribution >= 0.6 is 0 Å². The molecule has 0 spiro atoms. The summed E-state index contributed by atoms with van der Waals surface area (Å²) in [4.78, 5) is 14.6. The largest absolute Gasteiger partial charge is 0.493 e. The minimum Gasteiger partial charge on any atom is -0.493 e. The zero-order valence-corrected chi connectivity index (χ0v) is 19.7. The van der Waals surface area contributed by atoms with Crippen molar-refractivity contribution >= 4 is 5.91 Å². The smallest absolute Gasteiger partial charge is 0.223 e. The predicted molar refractivity (Wildman–Crippen MR) is 133 cm³/mol. The molecule has 5 rings (SSSR count). The zero-order chi connectivity index (χ0) is 24.0. The van der Waals surface area contributed by atoms with E-state index in [-0.39, 0.29) is 11.9 Å². The van der Waals surface area contributed by atoms with Crippen molar-refractivity contribution in [3.05, 3.63) is 96.2 Å². The molecule has 1 saturated heterocycles. The molecule has 35 heavy (non-hydrogen) atoms. The van der Waals surface area contributed by atoms with Crippen molar-refractivity contribution in [1.29, 1.82) is 0 Å². The lowest BCUT2D eigenvalue weighted by Crippen LogP contribution is -2.50. The van der Waals surface area contributed by atoms with Gasteiger partial charge in [0.15, 0.2) is 11.5 Å². The van der Waals surface area contributed by atoms with Gasteiger partial charge in [-0.15, -0.1) is 5.10 Å². The van der Waals surface area contributed by atoms with E-state index in [9.17, 15) is 4.79 Å². The first-order chi connectivity index (χ1) is 17.2. The molecule has 0 N–H and O–H groups in total. The molecule has 178 valence electrons. The zero-order valence-electron chi connectivity index (χ0n) is 19.7. The third-order valence-corrected chi connectivity index (χ3v) is 6.26. The second kappa shape index (κ2) is 10.4. The van der Waals surface area contributed by atoms with Crippen LogP contribution in [0.4, 0.5) is 0 Å². The van der Waals surface area contributed by atoms with Crippen LogP contribution in [0.2, 0.25) is 0 Å². The van der Waals surface area contributed by atoms with Crippen molar-refractivity contribution < 1.29 is 14.3 Å². The van der Waals surface area contributed by atoms with Gasteiger partial charge in [-0.1, -0.05) is 71.9 Å². The highest BCUT2D eigenvalue weighted by molar-refractivity contribution is 5.77. The SMILES string of the molecule is COc1ccc(CCC(=O)N2CC(n3cc(-c4ccccc4)nn3)C2)cc1OCc1ccccc1. The van der Waals surface area contributed by atoms with Crippen molar-refractivity contribution in [3.8, 4) is 22.8 Å². The number of methoxy groups -OCH3 is 1. The molecular formula is C28H28N4O3. The van der Waals surface area contributed by atoms with E-state index in [1.165, 1.54) is 0 Å². The first kappa shape index (κ1) is 22.7. The van der Waals surface area contributed by atoms with Crippen LogP contribution in [-0.4, -0.2) is 46.0 Å². The maximum atomic E-state index is 12.7. The van der Waals surface area contributed by atoms with Crippen LogP contribution in [0.3, 0.4) is 0 Å². The van der Waals surface area contributed by atoms with Crippen LogP contribution in [0, 0.1) is 0 Å². The third-order valence-electron chi connectivity index (χ3n) is 6.26. The van der Waals surface area contributed by atoms with Gasteiger partial charge in [-0.05, 0) is 29.7 Å². The fourth-order valence-electron chi connectivity index (χ4n) is 4.16. The van der Waals surface area contributed by atoms with Crippen molar-refractivity contribution in [2.24, 2.45) is 0 Å². The third kappa shape index (κ3) is 5.35. The fraction of sp³-hybridized carbons (Fsp3) is 0.250. The second-order valence-corrected chi connectivity index (χ2v) is 8.66. The Bertz CT molecular complexity index is 1270. The average molecular weight is 469 g/mol. The average Bonchev–Trinajstić information content (AvgIpc) is 3.36. The van der Waals surface area contributed by atoms with Crippen LogP contribution < -0.4 is 9.47 Å². The lowest BCUT2D eigenvalue weighted by atomic mass is 10.1. The maximum Gasteiger partial charge on any atom is 0.223 e. The highest BCUT2D eigenvalue weighted by Gasteiger charge is 2.32. The molecule has 0 bridgehead atoms. The number of rotatable bonds is 9. The van der Waals surface area contributed by atoms with E-state index in [2.05, 4.69) is 10.3 Å². The molecule has 0 atom stereocenters. The van der Waals surface area contributed by atoms with Crippen LogP contribution in [-0.2, 0) is 17.8 Å². The number of ether oxygens (including phenoxy) is 2. The molecule has 1 aromatic heterocycles. The molecule has 7 heteroatoms. The number of amides is 1. The Hall–Kier alpha value is -4.13. The number of hydrogen-bond acceptors (Lipinski definition) is 5. The van der Waals surface area contributed by atoms with Gasteiger partial charge in [0, 0.05) is 25.1 Å². The summed E-state index contributed by atoms with van der Waals surface area (Å²) in [5, 5.41) is 8.55. The van der Waals surface area contributed by atoms with Gasteiger partial charge >= 0.3 is 0 Å². The van der Waals surface area contributed by atoms with E-state index in [0.29, 0.717) is 44.0 Å². The molecule has 1 aliphatic rings. The molecule has 3 aromatic carbocycles. The summed E-state index contributed by atoms with van der Waals surface area (Å²) in [7, 11) is 1.63. The number of nitrogens with zero attached hydrogens (tertiary/aromatic N) is 4. The first-order valence-corrected chi connectivity index (χ1v) is 11.8. The van der Waals surface area contributed by atoms with Gasteiger partial charge in [-0.2, -0.15) is 0 Å². The predicted octanol–water partition coefficient (Wildman–Crippen LogP) is 4.55. The lowest BCUT2D eigenvalue weighted by Gasteiger charge is -2.39. The van der Waals surface area contributed by atoms with E-state index >= 15 is 0 Å². The summed E-state index contributed by atoms with van der Waals surface area (Å²) in [6, 6.07) is 26.0. The Kier molecular flexibility index (Phi) is 6.75. The summed E-state index contributed by atoms with van der Waals surface area (Å²) in [5.74, 6) is 1.52. The van der Waals surface area contributed by atoms with Gasteiger partial charge in [0.05, 0.1) is 19.3 Å². The Morgan fingerprint density at radius 2 is 1.69 bits per heavy atom. The van der Waals surface area contributed by atoms with Gasteiger partial charge in [0.25, 0.3) is 0 Å². The first-order valence-electron chi connectivity index (χ1n) is 11.8. The topological polar surface area (TPSA) is 69.5 Å². The summed E-state index contributed by atoms with van der Waals surface area (Å²) in [6.07, 6.45) is 3.05. The lowest BCUT2D eigenvalue weighted by molar-refractivity contribution is -0.137. The highest BCUT2D eigenvalue weighted by atomic mass is 16.5. The summed E-state index contributed by atoms with van der Waals surface area (Å²) in [6.45, 7) is 1.78. The van der Waals surface area contributed by atoms with E-state index in [0.717, 1.165) is 22.4 Å². The molecule has 0 aliphatic carbocycles. The van der Waals surface area contributed by atoms with E-state index < -0.39 is 0 Å². The molecule has 1 fully saturated rings. The van der Waals surface area contributed by atoms with Crippen molar-refractivity contribution in [2.45, 2.75) is 25.5 Å². The van der Waals surface area contributed by atoms with Gasteiger partial charge in [0.1, 0.15) is 12.3 Å². The minimum absolute atomic E-state index is 0.146. The number of carbonyl (C=O) groups excluding carboxylic acids is 1. The molecule has 2 heterocycles. The van der Waals surface area contributed by atoms with Crippen molar-refractivity contribution in [2.75, 3.05) is 20.2 Å². The molecule has 0 unspecified atom stereocenters.